The molecule has 0 saturated carbocycles. The van der Waals surface area contributed by atoms with Crippen molar-refractivity contribution in [2.24, 2.45) is 0 Å². The fourth-order valence-corrected chi connectivity index (χ4v) is 3.24. The Labute approximate surface area is 159 Å². The molecule has 4 rings (SSSR count). The molecule has 3 heterocycles. The summed E-state index contributed by atoms with van der Waals surface area (Å²) in [6.45, 7) is 3.85. The molecule has 0 atom stereocenters. The minimum atomic E-state index is -0.579. The zero-order valence-electron chi connectivity index (χ0n) is 15.6. The number of esters is 2. The maximum atomic E-state index is 12.5. The number of hydrogen-bond acceptors (Lipinski definition) is 7. The van der Waals surface area contributed by atoms with Crippen LogP contribution in [0.1, 0.15) is 34.8 Å². The second-order valence-corrected chi connectivity index (χ2v) is 5.92. The van der Waals surface area contributed by atoms with Gasteiger partial charge in [-0.1, -0.05) is 0 Å². The predicted octanol–water partition coefficient (Wildman–Crippen LogP) is 2.50. The van der Waals surface area contributed by atoms with Gasteiger partial charge in [-0.15, -0.1) is 0 Å². The summed E-state index contributed by atoms with van der Waals surface area (Å²) in [5.74, 6) is -0.508. The second kappa shape index (κ2) is 6.84. The number of carbonyl (C=O) groups is 2. The average molecular weight is 382 g/mol. The summed E-state index contributed by atoms with van der Waals surface area (Å²) in [6.07, 6.45) is 3.05. The Bertz CT molecular complexity index is 1220. The first kappa shape index (κ1) is 17.8. The maximum Gasteiger partial charge on any atom is 0.359 e. The number of nitrogens with zero attached hydrogens (tertiary/aromatic N) is 4. The van der Waals surface area contributed by atoms with Crippen LogP contribution >= 0.6 is 0 Å². The van der Waals surface area contributed by atoms with Crippen molar-refractivity contribution < 1.29 is 23.8 Å². The Balaban J connectivity index is 2.16. The Morgan fingerprint density at radius 1 is 0.893 bits per heavy atom. The van der Waals surface area contributed by atoms with E-state index in [0.717, 1.165) is 11.0 Å². The number of fused-ring (bicyclic) bond motifs is 6. The molecule has 9 nitrogen and oxygen atoms in total. The molecule has 0 aliphatic rings. The van der Waals surface area contributed by atoms with Crippen molar-refractivity contribution >= 4 is 34.0 Å². The van der Waals surface area contributed by atoms with Crippen LogP contribution < -0.4 is 4.74 Å². The van der Waals surface area contributed by atoms with Crippen molar-refractivity contribution in [3.05, 3.63) is 42.2 Å². The largest absolute Gasteiger partial charge is 0.497 e. The second-order valence-electron chi connectivity index (χ2n) is 5.92. The minimum absolute atomic E-state index is 0.0996. The third-order valence-electron chi connectivity index (χ3n) is 4.40. The van der Waals surface area contributed by atoms with E-state index in [1.807, 2.05) is 12.1 Å². The summed E-state index contributed by atoms with van der Waals surface area (Å²) < 4.78 is 19.1. The molecule has 144 valence electrons. The van der Waals surface area contributed by atoms with Gasteiger partial charge < -0.3 is 14.2 Å². The third kappa shape index (κ3) is 2.55. The van der Waals surface area contributed by atoms with E-state index in [1.54, 1.807) is 35.8 Å². The van der Waals surface area contributed by atoms with Crippen LogP contribution in [-0.2, 0) is 9.47 Å². The first-order chi connectivity index (χ1) is 13.6. The van der Waals surface area contributed by atoms with Crippen molar-refractivity contribution in [3.63, 3.8) is 0 Å². The zero-order valence-corrected chi connectivity index (χ0v) is 15.6. The number of carbonyl (C=O) groups excluding carboxylic acids is 2. The van der Waals surface area contributed by atoms with Crippen LogP contribution in [0.5, 0.6) is 5.75 Å². The Morgan fingerprint density at radius 2 is 1.43 bits per heavy atom. The first-order valence-electron chi connectivity index (χ1n) is 8.78. The highest BCUT2D eigenvalue weighted by Crippen LogP contribution is 2.29. The molecule has 0 fully saturated rings. The molecule has 0 radical (unpaired) electrons. The van der Waals surface area contributed by atoms with Crippen molar-refractivity contribution in [2.75, 3.05) is 20.3 Å². The smallest absolute Gasteiger partial charge is 0.359 e. The number of benzene rings is 1. The first-order valence-corrected chi connectivity index (χ1v) is 8.78. The van der Waals surface area contributed by atoms with E-state index in [1.165, 1.54) is 12.7 Å². The zero-order chi connectivity index (χ0) is 19.8. The Kier molecular flexibility index (Phi) is 4.34. The van der Waals surface area contributed by atoms with E-state index >= 15 is 0 Å². The molecule has 0 N–H and O–H groups in total. The molecule has 0 aliphatic carbocycles. The van der Waals surface area contributed by atoms with Crippen molar-refractivity contribution in [1.82, 2.24) is 18.8 Å². The molecule has 0 aliphatic heterocycles. The molecule has 4 aromatic rings. The predicted molar refractivity (Wildman–Crippen MR) is 99.9 cm³/mol. The van der Waals surface area contributed by atoms with Gasteiger partial charge in [0.15, 0.2) is 11.4 Å². The van der Waals surface area contributed by atoms with Gasteiger partial charge in [0.25, 0.3) is 0 Å². The van der Waals surface area contributed by atoms with Gasteiger partial charge in [-0.25, -0.2) is 19.6 Å². The van der Waals surface area contributed by atoms with Gasteiger partial charge in [-0.3, -0.25) is 8.80 Å². The summed E-state index contributed by atoms with van der Waals surface area (Å²) >= 11 is 0. The summed E-state index contributed by atoms with van der Waals surface area (Å²) in [5, 5.41) is 0. The molecule has 28 heavy (non-hydrogen) atoms. The van der Waals surface area contributed by atoms with E-state index in [9.17, 15) is 9.59 Å². The van der Waals surface area contributed by atoms with E-state index < -0.39 is 11.9 Å². The van der Waals surface area contributed by atoms with Crippen LogP contribution in [0, 0.1) is 0 Å². The molecule has 0 amide bonds. The lowest BCUT2D eigenvalue weighted by Gasteiger charge is -2.10. The van der Waals surface area contributed by atoms with Crippen LogP contribution in [0.4, 0.5) is 0 Å². The highest BCUT2D eigenvalue weighted by Gasteiger charge is 2.25. The molecular formula is C19H18N4O5. The van der Waals surface area contributed by atoms with E-state index in [0.29, 0.717) is 16.8 Å². The number of hydrogen-bond donors (Lipinski definition) is 0. The van der Waals surface area contributed by atoms with Gasteiger partial charge in [-0.05, 0) is 26.0 Å². The summed E-state index contributed by atoms with van der Waals surface area (Å²) in [7, 11) is 1.57. The lowest BCUT2D eigenvalue weighted by Crippen LogP contribution is -2.09. The molecule has 0 unspecified atom stereocenters. The minimum Gasteiger partial charge on any atom is -0.497 e. The van der Waals surface area contributed by atoms with Crippen LogP contribution in [0.3, 0.4) is 0 Å². The number of rotatable bonds is 5. The van der Waals surface area contributed by atoms with Crippen molar-refractivity contribution in [1.29, 1.82) is 0 Å². The fourth-order valence-electron chi connectivity index (χ4n) is 3.24. The van der Waals surface area contributed by atoms with Crippen LogP contribution in [0.2, 0.25) is 0 Å². The molecular weight excluding hydrogens is 364 g/mol. The fraction of sp³-hybridized carbons (Fsp3) is 0.263. The topological polar surface area (TPSA) is 96.4 Å². The highest BCUT2D eigenvalue weighted by molar-refractivity contribution is 6.08. The standard InChI is InChI=1S/C19H18N4O5/c1-4-27-18(24)14-16-17-15(19(25)28-5-2)21-10-23(17)13-8-11(26-3)6-7-12(13)22(16)9-20-14/h6-10H,4-5H2,1-3H3. The van der Waals surface area contributed by atoms with Crippen molar-refractivity contribution in [3.8, 4) is 5.75 Å². The quantitative estimate of drug-likeness (QED) is 0.489. The number of ether oxygens (including phenoxy) is 3. The molecule has 0 saturated heterocycles. The molecule has 3 aromatic heterocycles. The summed E-state index contributed by atoms with van der Waals surface area (Å²) in [6, 6.07) is 5.48. The van der Waals surface area contributed by atoms with Crippen molar-refractivity contribution in [2.45, 2.75) is 13.8 Å². The summed E-state index contributed by atoms with van der Waals surface area (Å²) in [5.41, 5.74) is 2.55. The molecule has 1 aromatic carbocycles. The lowest BCUT2D eigenvalue weighted by atomic mass is 10.2. The number of aromatic nitrogens is 4. The third-order valence-corrected chi connectivity index (χ3v) is 4.40. The number of imidazole rings is 2. The van der Waals surface area contributed by atoms with E-state index in [-0.39, 0.29) is 24.6 Å². The van der Waals surface area contributed by atoms with Gasteiger partial charge in [0.1, 0.15) is 29.4 Å². The van der Waals surface area contributed by atoms with E-state index in [2.05, 4.69) is 9.97 Å². The Morgan fingerprint density at radius 3 is 1.93 bits per heavy atom. The lowest BCUT2D eigenvalue weighted by molar-refractivity contribution is 0.0511. The maximum absolute atomic E-state index is 12.5. The normalized spacial score (nSPS) is 11.2. The molecule has 0 bridgehead atoms. The number of methoxy groups -OCH3 is 1. The monoisotopic (exact) mass is 382 g/mol. The highest BCUT2D eigenvalue weighted by atomic mass is 16.5. The van der Waals surface area contributed by atoms with Crippen LogP contribution in [0.15, 0.2) is 30.9 Å². The van der Waals surface area contributed by atoms with Gasteiger partial charge >= 0.3 is 11.9 Å². The SMILES string of the molecule is CCOC(=O)c1ncn2c3ccc(OC)cc3n3cnc(C(=O)OCC)c3c12. The van der Waals surface area contributed by atoms with Gasteiger partial charge in [0, 0.05) is 6.07 Å². The van der Waals surface area contributed by atoms with E-state index in [4.69, 9.17) is 14.2 Å². The van der Waals surface area contributed by atoms with Crippen LogP contribution in [0.25, 0.3) is 22.1 Å². The Hall–Kier alpha value is -3.62. The molecule has 9 heteroatoms. The van der Waals surface area contributed by atoms with Crippen LogP contribution in [-0.4, -0.2) is 51.0 Å². The summed E-state index contributed by atoms with van der Waals surface area (Å²) in [4.78, 5) is 33.4. The van der Waals surface area contributed by atoms with Gasteiger partial charge in [-0.2, -0.15) is 0 Å². The van der Waals surface area contributed by atoms with Gasteiger partial charge in [0.2, 0.25) is 0 Å². The van der Waals surface area contributed by atoms with Gasteiger partial charge in [0.05, 0.1) is 31.4 Å². The molecule has 0 spiro atoms. The average Bonchev–Trinajstić information content (AvgIpc) is 3.32.